The summed E-state index contributed by atoms with van der Waals surface area (Å²) in [6.45, 7) is 15.6. The highest BCUT2D eigenvalue weighted by Crippen LogP contribution is 2.34. The Bertz CT molecular complexity index is 467. The minimum atomic E-state index is 0.171. The van der Waals surface area contributed by atoms with E-state index in [1.807, 2.05) is 0 Å². The molecule has 0 spiro atoms. The monoisotopic (exact) mass is 288 g/mol. The topological polar surface area (TPSA) is 15.3 Å². The van der Waals surface area contributed by atoms with Gasteiger partial charge in [-0.15, -0.1) is 0 Å². The fourth-order valence-electron chi connectivity index (χ4n) is 2.74. The van der Waals surface area contributed by atoms with Gasteiger partial charge in [0.25, 0.3) is 0 Å². The van der Waals surface area contributed by atoms with Crippen molar-refractivity contribution in [1.29, 1.82) is 0 Å². The molecule has 0 saturated heterocycles. The number of anilines is 1. The Balaban J connectivity index is 2.10. The highest BCUT2D eigenvalue weighted by atomic mass is 15.2. The first kappa shape index (κ1) is 16.4. The smallest absolute Gasteiger partial charge is 0.0398 e. The Morgan fingerprint density at radius 1 is 1.24 bits per heavy atom. The van der Waals surface area contributed by atoms with Crippen LogP contribution < -0.4 is 10.2 Å². The van der Waals surface area contributed by atoms with Crippen molar-refractivity contribution in [2.75, 3.05) is 11.4 Å². The van der Waals surface area contributed by atoms with Crippen molar-refractivity contribution in [3.05, 3.63) is 29.3 Å². The summed E-state index contributed by atoms with van der Waals surface area (Å²) in [5, 5.41) is 3.57. The summed E-state index contributed by atoms with van der Waals surface area (Å²) in [6.07, 6.45) is 2.72. The van der Waals surface area contributed by atoms with E-state index in [1.165, 1.54) is 36.2 Å². The number of rotatable bonds is 6. The summed E-state index contributed by atoms with van der Waals surface area (Å²) in [4.78, 5) is 2.63. The van der Waals surface area contributed by atoms with E-state index in [4.69, 9.17) is 0 Å². The van der Waals surface area contributed by atoms with Crippen molar-refractivity contribution in [1.82, 2.24) is 5.32 Å². The van der Waals surface area contributed by atoms with Gasteiger partial charge in [0, 0.05) is 30.4 Å². The summed E-state index contributed by atoms with van der Waals surface area (Å²) in [7, 11) is 0. The second-order valence-corrected chi connectivity index (χ2v) is 8.00. The van der Waals surface area contributed by atoms with Crippen molar-refractivity contribution in [2.45, 2.75) is 72.5 Å². The van der Waals surface area contributed by atoms with Crippen LogP contribution in [0, 0.1) is 12.8 Å². The van der Waals surface area contributed by atoms with Gasteiger partial charge in [0.1, 0.15) is 0 Å². The van der Waals surface area contributed by atoms with Gasteiger partial charge >= 0.3 is 0 Å². The second kappa shape index (κ2) is 6.39. The molecule has 1 aromatic carbocycles. The molecule has 1 fully saturated rings. The molecule has 2 heteroatoms. The van der Waals surface area contributed by atoms with Gasteiger partial charge in [-0.05, 0) is 63.6 Å². The molecule has 0 unspecified atom stereocenters. The van der Waals surface area contributed by atoms with E-state index in [-0.39, 0.29) is 5.54 Å². The van der Waals surface area contributed by atoms with Crippen LogP contribution in [0.15, 0.2) is 18.2 Å². The number of nitrogens with zero attached hydrogens (tertiary/aromatic N) is 1. The predicted molar refractivity (Wildman–Crippen MR) is 93.0 cm³/mol. The van der Waals surface area contributed by atoms with Crippen molar-refractivity contribution in [3.8, 4) is 0 Å². The molecule has 0 heterocycles. The quantitative estimate of drug-likeness (QED) is 0.828. The van der Waals surface area contributed by atoms with Gasteiger partial charge < -0.3 is 10.2 Å². The van der Waals surface area contributed by atoms with Crippen LogP contribution in [-0.4, -0.2) is 18.1 Å². The molecule has 0 bridgehead atoms. The third-order valence-corrected chi connectivity index (χ3v) is 3.94. The van der Waals surface area contributed by atoms with Crippen LogP contribution in [0.1, 0.15) is 58.6 Å². The van der Waals surface area contributed by atoms with Gasteiger partial charge in [0.05, 0.1) is 0 Å². The van der Waals surface area contributed by atoms with Crippen molar-refractivity contribution < 1.29 is 0 Å². The van der Waals surface area contributed by atoms with Crippen LogP contribution in [0.4, 0.5) is 5.69 Å². The molecule has 0 aliphatic heterocycles. The first-order chi connectivity index (χ1) is 9.76. The fourth-order valence-corrected chi connectivity index (χ4v) is 2.74. The third kappa shape index (κ3) is 5.03. The van der Waals surface area contributed by atoms with Crippen LogP contribution in [0.2, 0.25) is 0 Å². The largest absolute Gasteiger partial charge is 0.368 e. The van der Waals surface area contributed by atoms with Crippen LogP contribution in [0.5, 0.6) is 0 Å². The van der Waals surface area contributed by atoms with E-state index >= 15 is 0 Å². The summed E-state index contributed by atoms with van der Waals surface area (Å²) < 4.78 is 0. The zero-order valence-electron chi connectivity index (χ0n) is 14.7. The molecule has 0 amide bonds. The molecule has 21 heavy (non-hydrogen) atoms. The number of nitrogens with one attached hydrogen (secondary N) is 1. The molecule has 1 aliphatic rings. The zero-order chi connectivity index (χ0) is 15.6. The molecule has 1 aromatic rings. The van der Waals surface area contributed by atoms with Crippen molar-refractivity contribution in [3.63, 3.8) is 0 Å². The maximum Gasteiger partial charge on any atom is 0.0398 e. The molecular weight excluding hydrogens is 256 g/mol. The van der Waals surface area contributed by atoms with Gasteiger partial charge in [0.15, 0.2) is 0 Å². The Hall–Kier alpha value is -1.02. The van der Waals surface area contributed by atoms with E-state index < -0.39 is 0 Å². The van der Waals surface area contributed by atoms with E-state index in [1.54, 1.807) is 0 Å². The maximum atomic E-state index is 3.57. The summed E-state index contributed by atoms with van der Waals surface area (Å²) in [5.74, 6) is 0.715. The van der Waals surface area contributed by atoms with E-state index in [2.05, 4.69) is 70.0 Å². The number of aryl methyl sites for hydroxylation is 1. The lowest BCUT2D eigenvalue weighted by Gasteiger charge is -2.29. The van der Waals surface area contributed by atoms with Crippen LogP contribution in [-0.2, 0) is 6.54 Å². The Kier molecular flexibility index (Phi) is 4.98. The molecule has 1 saturated carbocycles. The zero-order valence-corrected chi connectivity index (χ0v) is 14.7. The molecular formula is C19H32N2. The molecule has 2 rings (SSSR count). The van der Waals surface area contributed by atoms with Crippen molar-refractivity contribution in [2.24, 2.45) is 5.92 Å². The third-order valence-electron chi connectivity index (χ3n) is 3.94. The van der Waals surface area contributed by atoms with Gasteiger partial charge in [-0.1, -0.05) is 26.0 Å². The van der Waals surface area contributed by atoms with Crippen LogP contribution in [0.25, 0.3) is 0 Å². The average Bonchev–Trinajstić information content (AvgIpc) is 3.17. The summed E-state index contributed by atoms with van der Waals surface area (Å²) in [5.41, 5.74) is 4.40. The lowest BCUT2D eigenvalue weighted by atomic mass is 10.0. The number of hydrogen-bond acceptors (Lipinski definition) is 2. The first-order valence-electron chi connectivity index (χ1n) is 8.37. The van der Waals surface area contributed by atoms with E-state index in [0.717, 1.165) is 12.6 Å². The molecule has 0 radical (unpaired) electrons. The Morgan fingerprint density at radius 2 is 1.90 bits per heavy atom. The Morgan fingerprint density at radius 3 is 2.38 bits per heavy atom. The maximum absolute atomic E-state index is 3.57. The summed E-state index contributed by atoms with van der Waals surface area (Å²) in [6, 6.07) is 7.75. The van der Waals surface area contributed by atoms with E-state index in [9.17, 15) is 0 Å². The normalized spacial score (nSPS) is 15.6. The van der Waals surface area contributed by atoms with E-state index in [0.29, 0.717) is 5.92 Å². The molecule has 1 aliphatic carbocycles. The molecule has 0 atom stereocenters. The highest BCUT2D eigenvalue weighted by Gasteiger charge is 2.30. The number of hydrogen-bond donors (Lipinski definition) is 1. The van der Waals surface area contributed by atoms with Crippen LogP contribution in [0.3, 0.4) is 0 Å². The molecule has 2 nitrogen and oxygen atoms in total. The van der Waals surface area contributed by atoms with Gasteiger partial charge in [-0.25, -0.2) is 0 Å². The Labute approximate surface area is 130 Å². The standard InChI is InChI=1S/C19H32N2/c1-14(2)13-21(17-8-9-17)18-10-7-16(11-15(18)3)12-20-19(4,5)6/h7,10-11,14,17,20H,8-9,12-13H2,1-6H3. The fraction of sp³-hybridized carbons (Fsp3) is 0.684. The van der Waals surface area contributed by atoms with Gasteiger partial charge in [-0.2, -0.15) is 0 Å². The lowest BCUT2D eigenvalue weighted by molar-refractivity contribution is 0.424. The molecule has 0 aromatic heterocycles. The second-order valence-electron chi connectivity index (χ2n) is 8.00. The minimum Gasteiger partial charge on any atom is -0.368 e. The number of benzene rings is 1. The van der Waals surface area contributed by atoms with Crippen LogP contribution >= 0.6 is 0 Å². The first-order valence-corrected chi connectivity index (χ1v) is 8.37. The van der Waals surface area contributed by atoms with Gasteiger partial charge in [-0.3, -0.25) is 0 Å². The minimum absolute atomic E-state index is 0.171. The molecule has 118 valence electrons. The van der Waals surface area contributed by atoms with Crippen molar-refractivity contribution >= 4 is 5.69 Å². The SMILES string of the molecule is Cc1cc(CNC(C)(C)C)ccc1N(CC(C)C)C1CC1. The lowest BCUT2D eigenvalue weighted by Crippen LogP contribution is -2.35. The molecule has 1 N–H and O–H groups in total. The predicted octanol–water partition coefficient (Wildman–Crippen LogP) is 4.51. The summed E-state index contributed by atoms with van der Waals surface area (Å²) >= 11 is 0. The average molecular weight is 288 g/mol. The van der Waals surface area contributed by atoms with Gasteiger partial charge in [0.2, 0.25) is 0 Å². The highest BCUT2D eigenvalue weighted by molar-refractivity contribution is 5.56.